The summed E-state index contributed by atoms with van der Waals surface area (Å²) in [5.74, 6) is -0.771. The number of aliphatic hydroxyl groups excluding tert-OH is 1. The Morgan fingerprint density at radius 1 is 1.59 bits per heavy atom. The van der Waals surface area contributed by atoms with Gasteiger partial charge in [-0.2, -0.15) is 0 Å². The van der Waals surface area contributed by atoms with Crippen LogP contribution in [0.3, 0.4) is 0 Å². The molecule has 0 radical (unpaired) electrons. The molecule has 0 heterocycles. The van der Waals surface area contributed by atoms with Crippen molar-refractivity contribution in [2.45, 2.75) is 13.0 Å². The van der Waals surface area contributed by atoms with Crippen molar-refractivity contribution in [3.63, 3.8) is 0 Å². The van der Waals surface area contributed by atoms with E-state index in [1.807, 2.05) is 0 Å². The lowest BCUT2D eigenvalue weighted by atomic mass is 10.1. The van der Waals surface area contributed by atoms with Crippen molar-refractivity contribution in [2.75, 3.05) is 20.8 Å². The second-order valence-corrected chi connectivity index (χ2v) is 3.80. The molecular formula is C12H16FNO3. The van der Waals surface area contributed by atoms with Crippen LogP contribution in [0.1, 0.15) is 17.3 Å². The number of ether oxygens (including phenoxy) is 1. The molecule has 0 aliphatic rings. The Labute approximate surface area is 99.6 Å². The molecule has 4 nitrogen and oxygen atoms in total. The lowest BCUT2D eigenvalue weighted by molar-refractivity contribution is 0.0681. The first-order valence-corrected chi connectivity index (χ1v) is 5.22. The van der Waals surface area contributed by atoms with Crippen LogP contribution in [-0.4, -0.2) is 42.7 Å². The number of hydrogen-bond donors (Lipinski definition) is 1. The minimum absolute atomic E-state index is 0.0286. The van der Waals surface area contributed by atoms with Crippen LogP contribution in [0.15, 0.2) is 18.2 Å². The zero-order valence-corrected chi connectivity index (χ0v) is 10.1. The first-order valence-electron chi connectivity index (χ1n) is 5.22. The molecule has 0 bridgehead atoms. The van der Waals surface area contributed by atoms with Crippen LogP contribution in [-0.2, 0) is 0 Å². The van der Waals surface area contributed by atoms with E-state index in [0.717, 1.165) is 0 Å². The molecule has 1 amide bonds. The maximum absolute atomic E-state index is 13.2. The van der Waals surface area contributed by atoms with E-state index in [1.54, 1.807) is 14.0 Å². The fraction of sp³-hybridized carbons (Fsp3) is 0.417. The third kappa shape index (κ3) is 2.94. The molecule has 1 aromatic carbocycles. The van der Waals surface area contributed by atoms with Gasteiger partial charge in [-0.15, -0.1) is 0 Å². The Morgan fingerprint density at radius 2 is 2.24 bits per heavy atom. The largest absolute Gasteiger partial charge is 0.494 e. The molecule has 0 aliphatic carbocycles. The molecule has 0 fully saturated rings. The number of nitrogens with zero attached hydrogens (tertiary/aromatic N) is 1. The van der Waals surface area contributed by atoms with Gasteiger partial charge in [0.05, 0.1) is 19.8 Å². The van der Waals surface area contributed by atoms with E-state index in [1.165, 1.54) is 30.2 Å². The Morgan fingerprint density at radius 3 is 2.76 bits per heavy atom. The van der Waals surface area contributed by atoms with Gasteiger partial charge < -0.3 is 14.7 Å². The normalized spacial score (nSPS) is 12.1. The average Bonchev–Trinajstić information content (AvgIpc) is 2.36. The van der Waals surface area contributed by atoms with E-state index in [0.29, 0.717) is 5.56 Å². The number of carbonyl (C=O) groups excluding carboxylic acids is 1. The molecular weight excluding hydrogens is 225 g/mol. The molecule has 1 aromatic rings. The fourth-order valence-corrected chi connectivity index (χ4v) is 1.32. The topological polar surface area (TPSA) is 49.8 Å². The average molecular weight is 241 g/mol. The van der Waals surface area contributed by atoms with Crippen molar-refractivity contribution in [1.82, 2.24) is 4.90 Å². The molecule has 0 spiro atoms. The van der Waals surface area contributed by atoms with Gasteiger partial charge in [0.2, 0.25) is 0 Å². The Kier molecular flexibility index (Phi) is 4.45. The van der Waals surface area contributed by atoms with Crippen LogP contribution >= 0.6 is 0 Å². The predicted molar refractivity (Wildman–Crippen MR) is 61.6 cm³/mol. The number of aliphatic hydroxyl groups is 1. The van der Waals surface area contributed by atoms with E-state index in [9.17, 15) is 9.18 Å². The summed E-state index contributed by atoms with van der Waals surface area (Å²) in [5.41, 5.74) is 0.325. The van der Waals surface area contributed by atoms with Gasteiger partial charge in [-0.05, 0) is 25.1 Å². The van der Waals surface area contributed by atoms with E-state index in [-0.39, 0.29) is 24.3 Å². The summed E-state index contributed by atoms with van der Waals surface area (Å²) in [6.07, 6.45) is 0. The minimum Gasteiger partial charge on any atom is -0.494 e. The van der Waals surface area contributed by atoms with Crippen molar-refractivity contribution in [1.29, 1.82) is 0 Å². The summed E-state index contributed by atoms with van der Waals surface area (Å²) < 4.78 is 18.0. The third-order valence-corrected chi connectivity index (χ3v) is 2.64. The van der Waals surface area contributed by atoms with Crippen LogP contribution in [0.5, 0.6) is 5.75 Å². The quantitative estimate of drug-likeness (QED) is 0.864. The Hall–Kier alpha value is -1.62. The Balaban J connectivity index is 2.96. The second-order valence-electron chi connectivity index (χ2n) is 3.80. The van der Waals surface area contributed by atoms with Crippen molar-refractivity contribution in [3.8, 4) is 5.75 Å². The number of hydrogen-bond acceptors (Lipinski definition) is 3. The van der Waals surface area contributed by atoms with E-state index >= 15 is 0 Å². The summed E-state index contributed by atoms with van der Waals surface area (Å²) in [6.45, 7) is 1.60. The van der Waals surface area contributed by atoms with E-state index in [4.69, 9.17) is 9.84 Å². The number of methoxy groups -OCH3 is 1. The summed E-state index contributed by atoms with van der Waals surface area (Å²) in [6, 6.07) is 3.63. The van der Waals surface area contributed by atoms with Crippen molar-refractivity contribution >= 4 is 5.91 Å². The number of benzene rings is 1. The number of carbonyl (C=O) groups is 1. The van der Waals surface area contributed by atoms with Gasteiger partial charge in [0.25, 0.3) is 5.91 Å². The van der Waals surface area contributed by atoms with Crippen LogP contribution < -0.4 is 4.74 Å². The monoisotopic (exact) mass is 241 g/mol. The highest BCUT2D eigenvalue weighted by Gasteiger charge is 2.18. The van der Waals surface area contributed by atoms with Crippen molar-refractivity contribution in [2.24, 2.45) is 0 Å². The van der Waals surface area contributed by atoms with Gasteiger partial charge in [-0.1, -0.05) is 0 Å². The van der Waals surface area contributed by atoms with E-state index in [2.05, 4.69) is 0 Å². The lowest BCUT2D eigenvalue weighted by Crippen LogP contribution is -2.37. The summed E-state index contributed by atoms with van der Waals surface area (Å²) in [4.78, 5) is 13.4. The highest BCUT2D eigenvalue weighted by Crippen LogP contribution is 2.19. The first kappa shape index (κ1) is 13.4. The van der Waals surface area contributed by atoms with Gasteiger partial charge >= 0.3 is 0 Å². The molecule has 1 rings (SSSR count). The van der Waals surface area contributed by atoms with Gasteiger partial charge in [0, 0.05) is 12.6 Å². The molecule has 1 unspecified atom stereocenters. The standard InChI is InChI=1S/C12H16FNO3/c1-8(7-15)14(2)12(16)9-4-5-10(13)11(6-9)17-3/h4-6,8,15H,7H2,1-3H3. The zero-order valence-electron chi connectivity index (χ0n) is 10.1. The Bertz CT molecular complexity index is 409. The maximum Gasteiger partial charge on any atom is 0.254 e. The number of rotatable bonds is 4. The molecule has 1 N–H and O–H groups in total. The first-order chi connectivity index (χ1) is 8.01. The van der Waals surface area contributed by atoms with Crippen molar-refractivity contribution < 1.29 is 19.0 Å². The smallest absolute Gasteiger partial charge is 0.254 e. The SMILES string of the molecule is COc1cc(C(=O)N(C)C(C)CO)ccc1F. The summed E-state index contributed by atoms with van der Waals surface area (Å²) in [7, 11) is 2.92. The molecule has 1 atom stereocenters. The van der Waals surface area contributed by atoms with E-state index < -0.39 is 5.82 Å². The third-order valence-electron chi connectivity index (χ3n) is 2.64. The lowest BCUT2D eigenvalue weighted by Gasteiger charge is -2.23. The molecule has 17 heavy (non-hydrogen) atoms. The second kappa shape index (κ2) is 5.63. The van der Waals surface area contributed by atoms with Crippen LogP contribution in [0.4, 0.5) is 4.39 Å². The van der Waals surface area contributed by atoms with Gasteiger partial charge in [0.1, 0.15) is 0 Å². The minimum atomic E-state index is -0.512. The number of likely N-dealkylation sites (N-methyl/N-ethyl adjacent to an activating group) is 1. The highest BCUT2D eigenvalue weighted by molar-refractivity contribution is 5.94. The molecule has 0 aliphatic heterocycles. The van der Waals surface area contributed by atoms with Crippen LogP contribution in [0.25, 0.3) is 0 Å². The highest BCUT2D eigenvalue weighted by atomic mass is 19.1. The van der Waals surface area contributed by atoms with Crippen LogP contribution in [0.2, 0.25) is 0 Å². The maximum atomic E-state index is 13.2. The van der Waals surface area contributed by atoms with Crippen molar-refractivity contribution in [3.05, 3.63) is 29.6 Å². The number of amides is 1. The molecule has 94 valence electrons. The molecule has 0 saturated heterocycles. The van der Waals surface area contributed by atoms with Gasteiger partial charge in [-0.3, -0.25) is 4.79 Å². The molecule has 0 saturated carbocycles. The van der Waals surface area contributed by atoms with Gasteiger partial charge in [-0.25, -0.2) is 4.39 Å². The molecule has 5 heteroatoms. The van der Waals surface area contributed by atoms with Gasteiger partial charge in [0.15, 0.2) is 11.6 Å². The summed E-state index contributed by atoms with van der Waals surface area (Å²) in [5, 5.41) is 8.97. The predicted octanol–water partition coefficient (Wildman–Crippen LogP) is 1.29. The number of halogens is 1. The molecule has 0 aromatic heterocycles. The summed E-state index contributed by atoms with van der Waals surface area (Å²) >= 11 is 0. The van der Waals surface area contributed by atoms with Crippen LogP contribution in [0, 0.1) is 5.82 Å². The zero-order chi connectivity index (χ0) is 13.0. The fourth-order valence-electron chi connectivity index (χ4n) is 1.32.